The van der Waals surface area contributed by atoms with Gasteiger partial charge in [-0.25, -0.2) is 0 Å². The minimum absolute atomic E-state index is 0.0635. The van der Waals surface area contributed by atoms with Crippen molar-refractivity contribution in [2.24, 2.45) is 0 Å². The van der Waals surface area contributed by atoms with Gasteiger partial charge in [0, 0.05) is 12.6 Å². The van der Waals surface area contributed by atoms with E-state index in [9.17, 15) is 4.79 Å². The van der Waals surface area contributed by atoms with Crippen LogP contribution in [0.25, 0.3) is 6.08 Å². The van der Waals surface area contributed by atoms with E-state index in [1.54, 1.807) is 0 Å². The summed E-state index contributed by atoms with van der Waals surface area (Å²) in [6.45, 7) is 9.63. The molecule has 0 spiro atoms. The SMILES string of the molecule is Cc1cc2c(c3c1C(=O)/C(=C/c1ccc(C(C)C)cc1)O3)CN(C(C)c1ccccc1)CO2. The van der Waals surface area contributed by atoms with Crippen LogP contribution in [0, 0.1) is 6.92 Å². The van der Waals surface area contributed by atoms with Crippen molar-refractivity contribution in [1.82, 2.24) is 4.90 Å². The Morgan fingerprint density at radius 2 is 1.70 bits per heavy atom. The number of nitrogens with zero attached hydrogens (tertiary/aromatic N) is 1. The molecule has 5 rings (SSSR count). The number of hydrogen-bond acceptors (Lipinski definition) is 4. The van der Waals surface area contributed by atoms with Crippen LogP contribution in [0.2, 0.25) is 0 Å². The van der Waals surface area contributed by atoms with Crippen LogP contribution in [-0.2, 0) is 6.54 Å². The Morgan fingerprint density at radius 3 is 2.39 bits per heavy atom. The number of allylic oxidation sites excluding steroid dienone is 1. The first kappa shape index (κ1) is 21.5. The molecule has 0 bridgehead atoms. The highest BCUT2D eigenvalue weighted by Gasteiger charge is 2.36. The van der Waals surface area contributed by atoms with Gasteiger partial charge in [-0.15, -0.1) is 0 Å². The summed E-state index contributed by atoms with van der Waals surface area (Å²) in [7, 11) is 0. The first-order chi connectivity index (χ1) is 15.9. The molecule has 0 N–H and O–H groups in total. The van der Waals surface area contributed by atoms with Gasteiger partial charge < -0.3 is 9.47 Å². The molecule has 0 radical (unpaired) electrons. The molecule has 0 saturated heterocycles. The van der Waals surface area contributed by atoms with Crippen LogP contribution >= 0.6 is 0 Å². The van der Waals surface area contributed by atoms with E-state index in [4.69, 9.17) is 9.47 Å². The van der Waals surface area contributed by atoms with Crippen molar-refractivity contribution in [3.8, 4) is 11.5 Å². The maximum atomic E-state index is 13.3. The molecule has 4 heteroatoms. The predicted octanol–water partition coefficient (Wildman–Crippen LogP) is 6.65. The van der Waals surface area contributed by atoms with Gasteiger partial charge in [-0.1, -0.05) is 68.4 Å². The summed E-state index contributed by atoms with van der Waals surface area (Å²) in [5, 5.41) is 0. The number of carbonyl (C=O) groups is 1. The fourth-order valence-electron chi connectivity index (χ4n) is 4.57. The lowest BCUT2D eigenvalue weighted by molar-refractivity contribution is 0.0605. The maximum Gasteiger partial charge on any atom is 0.232 e. The highest BCUT2D eigenvalue weighted by molar-refractivity contribution is 6.15. The number of benzene rings is 3. The first-order valence-corrected chi connectivity index (χ1v) is 11.5. The fourth-order valence-corrected chi connectivity index (χ4v) is 4.57. The lowest BCUT2D eigenvalue weighted by atomic mass is 9.97. The largest absolute Gasteiger partial charge is 0.478 e. The number of fused-ring (bicyclic) bond motifs is 3. The van der Waals surface area contributed by atoms with Gasteiger partial charge in [-0.3, -0.25) is 9.69 Å². The number of Topliss-reactive ketones (excluding diaryl/α,β-unsaturated/α-hetero) is 1. The molecule has 0 aliphatic carbocycles. The van der Waals surface area contributed by atoms with E-state index in [1.165, 1.54) is 11.1 Å². The van der Waals surface area contributed by atoms with Crippen molar-refractivity contribution >= 4 is 11.9 Å². The molecule has 0 aromatic heterocycles. The van der Waals surface area contributed by atoms with Gasteiger partial charge in [0.25, 0.3) is 0 Å². The maximum absolute atomic E-state index is 13.3. The third kappa shape index (κ3) is 3.96. The standard InChI is InChI=1S/C29H29NO3/c1-18(2)22-12-10-21(11-13-22)15-26-28(31)27-19(3)14-25-24(29(27)33-26)16-30(17-32-25)20(4)23-8-6-5-7-9-23/h5-15,18,20H,16-17H2,1-4H3/b26-15-. The van der Waals surface area contributed by atoms with Crippen molar-refractivity contribution in [2.75, 3.05) is 6.73 Å². The van der Waals surface area contributed by atoms with Crippen molar-refractivity contribution in [2.45, 2.75) is 46.2 Å². The minimum Gasteiger partial charge on any atom is -0.478 e. The first-order valence-electron chi connectivity index (χ1n) is 11.5. The van der Waals surface area contributed by atoms with Crippen LogP contribution in [-0.4, -0.2) is 17.4 Å². The number of ether oxygens (including phenoxy) is 2. The van der Waals surface area contributed by atoms with Gasteiger partial charge in [0.05, 0.1) is 11.1 Å². The predicted molar refractivity (Wildman–Crippen MR) is 131 cm³/mol. The summed E-state index contributed by atoms with van der Waals surface area (Å²) in [4.78, 5) is 15.5. The third-order valence-electron chi connectivity index (χ3n) is 6.68. The van der Waals surface area contributed by atoms with Gasteiger partial charge >= 0.3 is 0 Å². The van der Waals surface area contributed by atoms with E-state index >= 15 is 0 Å². The molecular weight excluding hydrogens is 410 g/mol. The summed E-state index contributed by atoms with van der Waals surface area (Å²) in [5.41, 5.74) is 5.94. The molecule has 0 saturated carbocycles. The Kier molecular flexibility index (Phi) is 5.55. The number of carbonyl (C=O) groups excluding carboxylic acids is 1. The monoisotopic (exact) mass is 439 g/mol. The lowest BCUT2D eigenvalue weighted by Gasteiger charge is -2.34. The van der Waals surface area contributed by atoms with Gasteiger partial charge in [0.2, 0.25) is 5.78 Å². The van der Waals surface area contributed by atoms with Gasteiger partial charge in [-0.2, -0.15) is 0 Å². The topological polar surface area (TPSA) is 38.8 Å². The highest BCUT2D eigenvalue weighted by Crippen LogP contribution is 2.45. The van der Waals surface area contributed by atoms with Gasteiger partial charge in [-0.05, 0) is 54.2 Å². The van der Waals surface area contributed by atoms with Crippen LogP contribution in [0.4, 0.5) is 0 Å². The van der Waals surface area contributed by atoms with Crippen molar-refractivity contribution in [3.63, 3.8) is 0 Å². The number of hydrogen-bond donors (Lipinski definition) is 0. The summed E-state index contributed by atoms with van der Waals surface area (Å²) < 4.78 is 12.3. The molecule has 33 heavy (non-hydrogen) atoms. The van der Waals surface area contributed by atoms with Crippen LogP contribution in [0.3, 0.4) is 0 Å². The van der Waals surface area contributed by atoms with E-state index in [-0.39, 0.29) is 11.8 Å². The average molecular weight is 440 g/mol. The van der Waals surface area contributed by atoms with E-state index in [2.05, 4.69) is 62.1 Å². The van der Waals surface area contributed by atoms with Crippen LogP contribution in [0.15, 0.2) is 66.4 Å². The molecule has 2 aliphatic heterocycles. The molecule has 3 aromatic rings. The molecule has 3 aromatic carbocycles. The second-order valence-corrected chi connectivity index (χ2v) is 9.24. The average Bonchev–Trinajstić information content (AvgIpc) is 3.16. The summed E-state index contributed by atoms with van der Waals surface area (Å²) in [5.74, 6) is 2.22. The Morgan fingerprint density at radius 1 is 0.970 bits per heavy atom. The van der Waals surface area contributed by atoms with Gasteiger partial charge in [0.1, 0.15) is 18.2 Å². The zero-order chi connectivity index (χ0) is 23.1. The summed E-state index contributed by atoms with van der Waals surface area (Å²) >= 11 is 0. The quantitative estimate of drug-likeness (QED) is 0.427. The molecule has 1 atom stereocenters. The second-order valence-electron chi connectivity index (χ2n) is 9.24. The zero-order valence-electron chi connectivity index (χ0n) is 19.6. The minimum atomic E-state index is -0.0635. The molecule has 0 amide bonds. The molecule has 1 unspecified atom stereocenters. The van der Waals surface area contributed by atoms with E-state index < -0.39 is 0 Å². The molecule has 2 aliphatic rings. The lowest BCUT2D eigenvalue weighted by Crippen LogP contribution is -2.34. The Bertz CT molecular complexity index is 1230. The normalized spacial score (nSPS) is 17.5. The second kappa shape index (κ2) is 8.53. The van der Waals surface area contributed by atoms with Gasteiger partial charge in [0.15, 0.2) is 5.76 Å². The molecule has 4 nitrogen and oxygen atoms in total. The molecular formula is C29H29NO3. The van der Waals surface area contributed by atoms with Crippen molar-refractivity contribution in [1.29, 1.82) is 0 Å². The Hall–Kier alpha value is -3.37. The van der Waals surface area contributed by atoms with Crippen LogP contribution < -0.4 is 9.47 Å². The van der Waals surface area contributed by atoms with Crippen LogP contribution in [0.5, 0.6) is 11.5 Å². The van der Waals surface area contributed by atoms with E-state index in [0.29, 0.717) is 36.3 Å². The zero-order valence-corrected chi connectivity index (χ0v) is 19.6. The fraction of sp³-hybridized carbons (Fsp3) is 0.276. The number of ketones is 1. The Labute approximate surface area is 195 Å². The number of rotatable bonds is 4. The summed E-state index contributed by atoms with van der Waals surface area (Å²) in [6, 6.07) is 20.8. The van der Waals surface area contributed by atoms with E-state index in [0.717, 1.165) is 22.4 Å². The molecule has 2 heterocycles. The highest BCUT2D eigenvalue weighted by atomic mass is 16.5. The smallest absolute Gasteiger partial charge is 0.232 e. The third-order valence-corrected chi connectivity index (χ3v) is 6.68. The number of aryl methyl sites for hydroxylation is 1. The van der Waals surface area contributed by atoms with Crippen LogP contribution in [0.1, 0.15) is 70.9 Å². The summed E-state index contributed by atoms with van der Waals surface area (Å²) in [6.07, 6.45) is 1.84. The van der Waals surface area contributed by atoms with E-state index in [1.807, 2.05) is 37.3 Å². The van der Waals surface area contributed by atoms with Crippen molar-refractivity contribution < 1.29 is 14.3 Å². The Balaban J connectivity index is 1.46. The molecule has 0 fully saturated rings. The molecule has 168 valence electrons. The van der Waals surface area contributed by atoms with Crippen molar-refractivity contribution in [3.05, 3.63) is 99.8 Å².